The fraction of sp³-hybridized carbons (Fsp3) is 0.731. The number of aliphatic imine (C=N–C) groups is 1. The zero-order chi connectivity index (χ0) is 23.5. The lowest BCUT2D eigenvalue weighted by Gasteiger charge is -2.37. The van der Waals surface area contributed by atoms with Crippen molar-refractivity contribution in [1.29, 1.82) is 0 Å². The van der Waals surface area contributed by atoms with E-state index in [1.54, 1.807) is 6.08 Å². The van der Waals surface area contributed by atoms with Gasteiger partial charge in [-0.3, -0.25) is 4.79 Å². The molecule has 2 aliphatic heterocycles. The van der Waals surface area contributed by atoms with E-state index in [4.69, 9.17) is 4.99 Å². The molecule has 1 fully saturated rings. The Morgan fingerprint density at radius 1 is 1.12 bits per heavy atom. The number of carbonyl (C=O) groups excluding carboxylic acids is 1. The van der Waals surface area contributed by atoms with Crippen LogP contribution in [0.2, 0.25) is 0 Å². The van der Waals surface area contributed by atoms with Gasteiger partial charge in [0.1, 0.15) is 6.17 Å². The molecule has 0 radical (unpaired) electrons. The van der Waals surface area contributed by atoms with Gasteiger partial charge in [-0.05, 0) is 55.4 Å². The Hall–Kier alpha value is -2.11. The predicted molar refractivity (Wildman–Crippen MR) is 128 cm³/mol. The normalized spacial score (nSPS) is 23.6. The lowest BCUT2D eigenvalue weighted by atomic mass is 9.83. The van der Waals surface area contributed by atoms with Crippen LogP contribution in [0.1, 0.15) is 86.0 Å². The molecule has 0 saturated carbocycles. The van der Waals surface area contributed by atoms with Crippen molar-refractivity contribution in [1.82, 2.24) is 9.80 Å². The van der Waals surface area contributed by atoms with Crippen LogP contribution in [0.15, 0.2) is 28.3 Å². The van der Waals surface area contributed by atoms with Crippen LogP contribution in [0.5, 0.6) is 0 Å². The van der Waals surface area contributed by atoms with Crippen LogP contribution in [0, 0.1) is 11.3 Å². The van der Waals surface area contributed by atoms with E-state index >= 15 is 0 Å². The van der Waals surface area contributed by atoms with Gasteiger partial charge in [0.15, 0.2) is 5.84 Å². The Morgan fingerprint density at radius 2 is 1.78 bits per heavy atom. The standard InChI is InChI=1S/C26H41N3O3/c1-18(2)22-27-23(28-16-8-6-7-9-17-28)24(30)29(22)21(14-15-26(3,4)5)19-10-12-20(13-11-19)25(31)32/h10,12,18,21-22H,6-9,11,13-17H2,1-5H3,(H,31,32)/t21-,22?/m1/s1. The first kappa shape index (κ1) is 24.5. The van der Waals surface area contributed by atoms with Crippen LogP contribution in [0.3, 0.4) is 0 Å². The van der Waals surface area contributed by atoms with Gasteiger partial charge in [0.2, 0.25) is 0 Å². The molecule has 3 rings (SSSR count). The van der Waals surface area contributed by atoms with E-state index in [1.165, 1.54) is 12.8 Å². The number of carboxylic acid groups (broad SMARTS) is 1. The van der Waals surface area contributed by atoms with Crippen LogP contribution in [0.4, 0.5) is 0 Å². The van der Waals surface area contributed by atoms with Crippen molar-refractivity contribution in [3.8, 4) is 0 Å². The first-order valence-corrected chi connectivity index (χ1v) is 12.4. The van der Waals surface area contributed by atoms with Gasteiger partial charge in [0.25, 0.3) is 5.91 Å². The van der Waals surface area contributed by atoms with E-state index in [0.717, 1.165) is 44.3 Å². The molecule has 0 aromatic carbocycles. The van der Waals surface area contributed by atoms with Gasteiger partial charge in [0.05, 0.1) is 6.04 Å². The summed E-state index contributed by atoms with van der Waals surface area (Å²) >= 11 is 0. The third kappa shape index (κ3) is 5.81. The van der Waals surface area contributed by atoms with Crippen LogP contribution in [0.25, 0.3) is 0 Å². The number of amides is 1. The van der Waals surface area contributed by atoms with E-state index in [-0.39, 0.29) is 29.4 Å². The Labute approximate surface area is 193 Å². The van der Waals surface area contributed by atoms with Crippen LogP contribution >= 0.6 is 0 Å². The summed E-state index contributed by atoms with van der Waals surface area (Å²) < 4.78 is 0. The second kappa shape index (κ2) is 10.2. The third-order valence-electron chi connectivity index (χ3n) is 6.86. The van der Waals surface area contributed by atoms with Crippen molar-refractivity contribution < 1.29 is 14.7 Å². The predicted octanol–water partition coefficient (Wildman–Crippen LogP) is 5.01. The van der Waals surface area contributed by atoms with Crippen molar-refractivity contribution in [3.05, 3.63) is 23.3 Å². The average Bonchev–Trinajstić information content (AvgIpc) is 2.90. The molecule has 2 atom stereocenters. The minimum Gasteiger partial charge on any atom is -0.478 e. The zero-order valence-corrected chi connectivity index (χ0v) is 20.6. The monoisotopic (exact) mass is 443 g/mol. The summed E-state index contributed by atoms with van der Waals surface area (Å²) in [6.45, 7) is 12.8. The third-order valence-corrected chi connectivity index (χ3v) is 6.86. The van der Waals surface area contributed by atoms with Crippen LogP contribution < -0.4 is 0 Å². The van der Waals surface area contributed by atoms with Gasteiger partial charge in [-0.1, -0.05) is 59.6 Å². The number of amidine groups is 1. The molecule has 0 spiro atoms. The summed E-state index contributed by atoms with van der Waals surface area (Å²) in [5, 5.41) is 9.36. The fourth-order valence-corrected chi connectivity index (χ4v) is 4.96. The fourth-order valence-electron chi connectivity index (χ4n) is 4.96. The summed E-state index contributed by atoms with van der Waals surface area (Å²) in [5.41, 5.74) is 1.75. The Balaban J connectivity index is 1.93. The molecule has 2 heterocycles. The molecule has 3 aliphatic rings. The maximum absolute atomic E-state index is 13.8. The van der Waals surface area contributed by atoms with E-state index < -0.39 is 5.97 Å². The summed E-state index contributed by atoms with van der Waals surface area (Å²) in [6, 6.07) is -0.0473. The van der Waals surface area contributed by atoms with Crippen molar-refractivity contribution in [2.45, 2.75) is 98.2 Å². The maximum atomic E-state index is 13.8. The van der Waals surface area contributed by atoms with E-state index in [9.17, 15) is 14.7 Å². The quantitative estimate of drug-likeness (QED) is 0.626. The molecule has 6 nitrogen and oxygen atoms in total. The largest absolute Gasteiger partial charge is 0.478 e. The SMILES string of the molecule is CC(C)C1N=C(N2CCCCCC2)C(=O)N1[C@H](CCC(C)(C)C)C1=CC=C(C(=O)O)CC1. The summed E-state index contributed by atoms with van der Waals surface area (Å²) in [7, 11) is 0. The molecule has 1 aliphatic carbocycles. The molecule has 178 valence electrons. The highest BCUT2D eigenvalue weighted by molar-refractivity contribution is 6.39. The van der Waals surface area contributed by atoms with E-state index in [0.29, 0.717) is 24.3 Å². The number of nitrogens with zero attached hydrogens (tertiary/aromatic N) is 3. The highest BCUT2D eigenvalue weighted by atomic mass is 16.4. The summed E-state index contributed by atoms with van der Waals surface area (Å²) in [6.07, 6.45) is 11.2. The van der Waals surface area contributed by atoms with Gasteiger partial charge in [-0.25, -0.2) is 9.79 Å². The minimum atomic E-state index is -0.851. The number of carbonyl (C=O) groups is 2. The van der Waals surface area contributed by atoms with Gasteiger partial charge < -0.3 is 14.9 Å². The molecule has 1 N–H and O–H groups in total. The molecule has 6 heteroatoms. The molecule has 0 aromatic rings. The van der Waals surface area contributed by atoms with Crippen molar-refractivity contribution >= 4 is 17.7 Å². The van der Waals surface area contributed by atoms with Crippen molar-refractivity contribution in [2.75, 3.05) is 13.1 Å². The van der Waals surface area contributed by atoms with Crippen molar-refractivity contribution in [3.63, 3.8) is 0 Å². The molecule has 1 unspecified atom stereocenters. The maximum Gasteiger partial charge on any atom is 0.331 e. The van der Waals surface area contributed by atoms with Crippen molar-refractivity contribution in [2.24, 2.45) is 16.3 Å². The second-order valence-electron chi connectivity index (χ2n) is 11.1. The molecule has 32 heavy (non-hydrogen) atoms. The molecule has 0 aromatic heterocycles. The topological polar surface area (TPSA) is 73.2 Å². The number of hydrogen-bond acceptors (Lipinski definition) is 4. The number of hydrogen-bond donors (Lipinski definition) is 1. The Kier molecular flexibility index (Phi) is 7.84. The number of likely N-dealkylation sites (tertiary alicyclic amines) is 1. The molecular weight excluding hydrogens is 402 g/mol. The zero-order valence-electron chi connectivity index (χ0n) is 20.6. The molecule has 0 bridgehead atoms. The second-order valence-corrected chi connectivity index (χ2v) is 11.1. The van der Waals surface area contributed by atoms with Crippen LogP contribution in [-0.4, -0.2) is 57.9 Å². The Morgan fingerprint density at radius 3 is 2.28 bits per heavy atom. The van der Waals surface area contributed by atoms with Crippen LogP contribution in [-0.2, 0) is 9.59 Å². The van der Waals surface area contributed by atoms with Gasteiger partial charge in [-0.2, -0.15) is 0 Å². The number of aliphatic carboxylic acids is 1. The molecule has 1 amide bonds. The highest BCUT2D eigenvalue weighted by Gasteiger charge is 2.43. The number of carboxylic acids is 1. The molecular formula is C26H41N3O3. The van der Waals surface area contributed by atoms with Gasteiger partial charge in [0, 0.05) is 18.7 Å². The summed E-state index contributed by atoms with van der Waals surface area (Å²) in [5.74, 6) is 0.0634. The lowest BCUT2D eigenvalue weighted by Crippen LogP contribution is -2.49. The van der Waals surface area contributed by atoms with E-state index in [2.05, 4.69) is 39.5 Å². The smallest absolute Gasteiger partial charge is 0.331 e. The number of allylic oxidation sites excluding steroid dienone is 2. The minimum absolute atomic E-state index is 0.0473. The average molecular weight is 444 g/mol. The highest BCUT2D eigenvalue weighted by Crippen LogP contribution is 2.35. The van der Waals surface area contributed by atoms with Gasteiger partial charge in [-0.15, -0.1) is 0 Å². The van der Waals surface area contributed by atoms with E-state index in [1.807, 2.05) is 11.0 Å². The number of rotatable bonds is 6. The first-order chi connectivity index (χ1) is 15.1. The first-order valence-electron chi connectivity index (χ1n) is 12.4. The van der Waals surface area contributed by atoms with Gasteiger partial charge >= 0.3 is 5.97 Å². The molecule has 1 saturated heterocycles. The Bertz CT molecular complexity index is 796. The lowest BCUT2D eigenvalue weighted by molar-refractivity contribution is -0.133. The summed E-state index contributed by atoms with van der Waals surface area (Å²) in [4.78, 5) is 34.5.